The lowest BCUT2D eigenvalue weighted by Gasteiger charge is -2.31. The average molecular weight is 352 g/mol. The Morgan fingerprint density at radius 2 is 2.08 bits per heavy atom. The Bertz CT molecular complexity index is 755. The van der Waals surface area contributed by atoms with Crippen LogP contribution >= 0.6 is 11.6 Å². The van der Waals surface area contributed by atoms with E-state index in [4.69, 9.17) is 11.6 Å². The Hall–Kier alpha value is -1.99. The highest BCUT2D eigenvalue weighted by atomic mass is 35.5. The van der Waals surface area contributed by atoms with Gasteiger partial charge in [-0.25, -0.2) is 9.07 Å². The fourth-order valence-corrected chi connectivity index (χ4v) is 3.08. The van der Waals surface area contributed by atoms with Crippen molar-refractivity contribution in [1.29, 1.82) is 0 Å². The summed E-state index contributed by atoms with van der Waals surface area (Å²) < 4.78 is 14.8. The molecular weight excluding hydrogens is 333 g/mol. The van der Waals surface area contributed by atoms with Crippen LogP contribution in [0.5, 0.6) is 0 Å². The maximum atomic E-state index is 13.3. The van der Waals surface area contributed by atoms with Gasteiger partial charge in [0.2, 0.25) is 0 Å². The number of amides is 1. The van der Waals surface area contributed by atoms with E-state index in [0.29, 0.717) is 36.2 Å². The van der Waals surface area contributed by atoms with Crippen molar-refractivity contribution in [2.75, 3.05) is 20.1 Å². The minimum absolute atomic E-state index is 0.00409. The summed E-state index contributed by atoms with van der Waals surface area (Å²) in [5, 5.41) is 11.3. The largest absolute Gasteiger partial charge is 0.337 e. The lowest BCUT2D eigenvalue weighted by atomic mass is 10.0. The molecule has 128 valence electrons. The summed E-state index contributed by atoms with van der Waals surface area (Å²) in [6.07, 6.45) is 1.84. The second kappa shape index (κ2) is 6.86. The summed E-state index contributed by atoms with van der Waals surface area (Å²) in [5.74, 6) is -0.622. The predicted molar refractivity (Wildman–Crippen MR) is 89.0 cm³/mol. The van der Waals surface area contributed by atoms with Crippen molar-refractivity contribution in [2.45, 2.75) is 25.8 Å². The van der Waals surface area contributed by atoms with Crippen molar-refractivity contribution in [3.05, 3.63) is 40.4 Å². The van der Waals surface area contributed by atoms with Crippen LogP contribution in [0.25, 0.3) is 5.69 Å². The third-order valence-electron chi connectivity index (χ3n) is 4.44. The van der Waals surface area contributed by atoms with Gasteiger partial charge in [0, 0.05) is 19.1 Å². The molecule has 6 nitrogen and oxygen atoms in total. The van der Waals surface area contributed by atoms with E-state index >= 15 is 0 Å². The summed E-state index contributed by atoms with van der Waals surface area (Å²) in [6.45, 7) is 3.16. The molecule has 0 unspecified atom stereocenters. The average Bonchev–Trinajstić information content (AvgIpc) is 2.98. The molecule has 1 aromatic heterocycles. The number of likely N-dealkylation sites (tertiary alicyclic amines) is 1. The lowest BCUT2D eigenvalue weighted by molar-refractivity contribution is 0.0700. The number of hydrogen-bond donors (Lipinski definition) is 1. The molecular formula is C16H19ClFN5O. The monoisotopic (exact) mass is 351 g/mol. The molecule has 24 heavy (non-hydrogen) atoms. The summed E-state index contributed by atoms with van der Waals surface area (Å²) in [4.78, 5) is 14.5. The van der Waals surface area contributed by atoms with Crippen LogP contribution in [0, 0.1) is 12.7 Å². The molecule has 0 radical (unpaired) electrons. The smallest absolute Gasteiger partial charge is 0.276 e. The van der Waals surface area contributed by atoms with E-state index in [2.05, 4.69) is 15.6 Å². The van der Waals surface area contributed by atoms with Gasteiger partial charge in [0.25, 0.3) is 5.91 Å². The van der Waals surface area contributed by atoms with Crippen LogP contribution in [0.4, 0.5) is 4.39 Å². The van der Waals surface area contributed by atoms with E-state index in [-0.39, 0.29) is 10.9 Å². The quantitative estimate of drug-likeness (QED) is 0.920. The molecule has 8 heteroatoms. The van der Waals surface area contributed by atoms with Crippen LogP contribution in [0.1, 0.15) is 29.0 Å². The second-order valence-electron chi connectivity index (χ2n) is 5.89. The number of nitrogens with zero attached hydrogens (tertiary/aromatic N) is 4. The molecule has 1 fully saturated rings. The Morgan fingerprint density at radius 1 is 1.38 bits per heavy atom. The van der Waals surface area contributed by atoms with Gasteiger partial charge in [0.15, 0.2) is 5.69 Å². The van der Waals surface area contributed by atoms with Gasteiger partial charge in [-0.3, -0.25) is 4.79 Å². The van der Waals surface area contributed by atoms with E-state index in [1.54, 1.807) is 17.9 Å². The Balaban J connectivity index is 1.82. The van der Waals surface area contributed by atoms with Crippen molar-refractivity contribution in [1.82, 2.24) is 25.2 Å². The maximum Gasteiger partial charge on any atom is 0.276 e. The normalized spacial score (nSPS) is 15.8. The molecule has 0 aliphatic carbocycles. The van der Waals surface area contributed by atoms with Gasteiger partial charge in [0.05, 0.1) is 16.4 Å². The summed E-state index contributed by atoms with van der Waals surface area (Å²) in [6, 6.07) is 4.73. The zero-order chi connectivity index (χ0) is 17.3. The van der Waals surface area contributed by atoms with Gasteiger partial charge in [-0.05, 0) is 45.0 Å². The number of rotatable bonds is 3. The van der Waals surface area contributed by atoms with E-state index in [1.807, 2.05) is 7.05 Å². The number of piperidine rings is 1. The molecule has 0 atom stereocenters. The standard InChI is InChI=1S/C16H19ClFN5O/c1-10-15(16(24)22-7-5-11(19-2)6-8-22)20-21-23(10)12-3-4-14(18)13(17)9-12/h3-4,9,11,19H,5-8H2,1-2H3. The lowest BCUT2D eigenvalue weighted by Crippen LogP contribution is -2.44. The van der Waals surface area contributed by atoms with Gasteiger partial charge in [-0.2, -0.15) is 0 Å². The third-order valence-corrected chi connectivity index (χ3v) is 4.72. The van der Waals surface area contributed by atoms with E-state index in [1.165, 1.54) is 16.8 Å². The van der Waals surface area contributed by atoms with Crippen LogP contribution < -0.4 is 5.32 Å². The Kier molecular flexibility index (Phi) is 4.82. The molecule has 1 aliphatic heterocycles. The van der Waals surface area contributed by atoms with E-state index in [9.17, 15) is 9.18 Å². The molecule has 2 heterocycles. The number of benzene rings is 1. The Morgan fingerprint density at radius 3 is 2.71 bits per heavy atom. The molecule has 1 aliphatic rings. The third kappa shape index (κ3) is 3.14. The van der Waals surface area contributed by atoms with E-state index < -0.39 is 5.82 Å². The first kappa shape index (κ1) is 16.9. The summed E-state index contributed by atoms with van der Waals surface area (Å²) >= 11 is 5.82. The molecule has 1 N–H and O–H groups in total. The van der Waals surface area contributed by atoms with Gasteiger partial charge >= 0.3 is 0 Å². The van der Waals surface area contributed by atoms with Crippen molar-refractivity contribution < 1.29 is 9.18 Å². The zero-order valence-corrected chi connectivity index (χ0v) is 14.3. The number of hydrogen-bond acceptors (Lipinski definition) is 4. The van der Waals surface area contributed by atoms with Crippen LogP contribution in [0.3, 0.4) is 0 Å². The molecule has 0 spiro atoms. The molecule has 1 saturated heterocycles. The number of aromatic nitrogens is 3. The van der Waals surface area contributed by atoms with Crippen LogP contribution in [0.15, 0.2) is 18.2 Å². The van der Waals surface area contributed by atoms with Crippen LogP contribution in [-0.2, 0) is 0 Å². The number of nitrogens with one attached hydrogen (secondary N) is 1. The first-order valence-corrected chi connectivity index (χ1v) is 8.23. The first-order chi connectivity index (χ1) is 11.5. The molecule has 3 rings (SSSR count). The van der Waals surface area contributed by atoms with Crippen molar-refractivity contribution in [3.63, 3.8) is 0 Å². The van der Waals surface area contributed by atoms with Gasteiger partial charge in [0.1, 0.15) is 5.82 Å². The predicted octanol–water partition coefficient (Wildman–Crippen LogP) is 2.19. The highest BCUT2D eigenvalue weighted by molar-refractivity contribution is 6.30. The molecule has 1 amide bonds. The molecule has 2 aromatic rings. The number of carbonyl (C=O) groups excluding carboxylic acids is 1. The highest BCUT2D eigenvalue weighted by Crippen LogP contribution is 2.21. The fourth-order valence-electron chi connectivity index (χ4n) is 2.91. The molecule has 1 aromatic carbocycles. The van der Waals surface area contributed by atoms with Gasteiger partial charge in [-0.15, -0.1) is 5.10 Å². The summed E-state index contributed by atoms with van der Waals surface area (Å²) in [7, 11) is 1.94. The van der Waals surface area contributed by atoms with Gasteiger partial charge < -0.3 is 10.2 Å². The maximum absolute atomic E-state index is 13.3. The van der Waals surface area contributed by atoms with Crippen LogP contribution in [0.2, 0.25) is 5.02 Å². The zero-order valence-electron chi connectivity index (χ0n) is 13.6. The topological polar surface area (TPSA) is 63.1 Å². The molecule has 0 bridgehead atoms. The van der Waals surface area contributed by atoms with E-state index in [0.717, 1.165) is 12.8 Å². The minimum Gasteiger partial charge on any atom is -0.337 e. The second-order valence-corrected chi connectivity index (χ2v) is 6.30. The number of carbonyl (C=O) groups is 1. The van der Waals surface area contributed by atoms with Crippen molar-refractivity contribution in [3.8, 4) is 5.69 Å². The highest BCUT2D eigenvalue weighted by Gasteiger charge is 2.26. The van der Waals surface area contributed by atoms with Gasteiger partial charge in [-0.1, -0.05) is 16.8 Å². The summed E-state index contributed by atoms with van der Waals surface area (Å²) in [5.41, 5.74) is 1.50. The number of halogens is 2. The fraction of sp³-hybridized carbons (Fsp3) is 0.438. The van der Waals surface area contributed by atoms with Crippen molar-refractivity contribution >= 4 is 17.5 Å². The molecule has 0 saturated carbocycles. The SMILES string of the molecule is CNC1CCN(C(=O)c2nnn(-c3ccc(F)c(Cl)c3)c2C)CC1. The van der Waals surface area contributed by atoms with Crippen molar-refractivity contribution in [2.24, 2.45) is 0 Å². The minimum atomic E-state index is -0.498. The van der Waals surface area contributed by atoms with Crippen LogP contribution in [-0.4, -0.2) is 52.0 Å². The first-order valence-electron chi connectivity index (χ1n) is 7.85. The Labute approximate surface area is 144 Å².